The largest absolute Gasteiger partial charge is 0.496 e. The van der Waals surface area contributed by atoms with Crippen LogP contribution in [0.1, 0.15) is 17.5 Å². The zero-order valence-electron chi connectivity index (χ0n) is 14.2. The van der Waals surface area contributed by atoms with E-state index in [2.05, 4.69) is 32.9 Å². The molecule has 1 aliphatic heterocycles. The molecule has 3 heterocycles. The number of carbonyl (C=O) groups is 1. The summed E-state index contributed by atoms with van der Waals surface area (Å²) in [5, 5.41) is 16.2. The number of amides is 1. The predicted molar refractivity (Wildman–Crippen MR) is 89.3 cm³/mol. The monoisotopic (exact) mass is 359 g/mol. The van der Waals surface area contributed by atoms with Crippen LogP contribution in [-0.4, -0.2) is 53.5 Å². The molecule has 10 heteroatoms. The number of fused-ring (bicyclic) bond motifs is 1. The standard InChI is InChI=1S/C16H17N5O5/c1-16(6-24-7-16)8-25-12-11-9(23-2)4-3-5-10(11)26-13(12)14(22)17-15-18-20-21-19-15/h3-5H,6-8H2,1-2H3,(H2,17,18,19,20,21,22). The molecule has 2 N–H and O–H groups in total. The number of furan rings is 1. The first-order chi connectivity index (χ1) is 12.6. The predicted octanol–water partition coefficient (Wildman–Crippen LogP) is 1.62. The number of aromatic nitrogens is 4. The van der Waals surface area contributed by atoms with Crippen LogP contribution >= 0.6 is 0 Å². The summed E-state index contributed by atoms with van der Waals surface area (Å²) in [4.78, 5) is 12.6. The number of nitrogens with zero attached hydrogens (tertiary/aromatic N) is 3. The van der Waals surface area contributed by atoms with Crippen molar-refractivity contribution >= 4 is 22.8 Å². The van der Waals surface area contributed by atoms with Crippen LogP contribution in [0.5, 0.6) is 11.5 Å². The Labute approximate surface area is 147 Å². The summed E-state index contributed by atoms with van der Waals surface area (Å²) in [7, 11) is 1.55. The maximum Gasteiger partial charge on any atom is 0.297 e. The molecule has 10 nitrogen and oxygen atoms in total. The molecule has 1 aliphatic rings. The van der Waals surface area contributed by atoms with Crippen LogP contribution in [0.4, 0.5) is 5.95 Å². The van der Waals surface area contributed by atoms with Crippen molar-refractivity contribution in [3.8, 4) is 11.5 Å². The minimum absolute atomic E-state index is 0.0122. The number of nitrogens with one attached hydrogen (secondary N) is 2. The number of anilines is 1. The average molecular weight is 359 g/mol. The van der Waals surface area contributed by atoms with Crippen LogP contribution in [0.3, 0.4) is 0 Å². The Morgan fingerprint density at radius 2 is 2.27 bits per heavy atom. The first-order valence-corrected chi connectivity index (χ1v) is 7.94. The number of aromatic amines is 1. The van der Waals surface area contributed by atoms with Gasteiger partial charge in [-0.05, 0) is 17.3 Å². The fraction of sp³-hybridized carbons (Fsp3) is 0.375. The van der Waals surface area contributed by atoms with Gasteiger partial charge in [0.15, 0.2) is 5.75 Å². The molecule has 0 aliphatic carbocycles. The number of H-pyrrole nitrogens is 1. The molecule has 0 radical (unpaired) electrons. The number of ether oxygens (including phenoxy) is 3. The summed E-state index contributed by atoms with van der Waals surface area (Å²) < 4.78 is 22.4. The number of tetrazole rings is 1. The van der Waals surface area contributed by atoms with Crippen molar-refractivity contribution in [2.45, 2.75) is 6.92 Å². The molecular formula is C16H17N5O5. The van der Waals surface area contributed by atoms with E-state index in [1.165, 1.54) is 0 Å². The molecular weight excluding hydrogens is 342 g/mol. The molecule has 0 spiro atoms. The summed E-state index contributed by atoms with van der Waals surface area (Å²) in [6, 6.07) is 5.29. The molecule has 1 fully saturated rings. The maximum atomic E-state index is 12.6. The average Bonchev–Trinajstić information content (AvgIpc) is 3.25. The summed E-state index contributed by atoms with van der Waals surface area (Å²) in [6.45, 7) is 3.63. The molecule has 1 saturated heterocycles. The third kappa shape index (κ3) is 2.84. The van der Waals surface area contributed by atoms with Gasteiger partial charge in [-0.3, -0.25) is 10.1 Å². The zero-order valence-corrected chi connectivity index (χ0v) is 14.2. The SMILES string of the molecule is COc1cccc2oc(C(=O)Nc3nn[nH]n3)c(OCC3(C)COC3)c12. The van der Waals surface area contributed by atoms with Crippen molar-refractivity contribution in [2.75, 3.05) is 32.2 Å². The number of hydrogen-bond donors (Lipinski definition) is 2. The first-order valence-electron chi connectivity index (χ1n) is 7.94. The Morgan fingerprint density at radius 1 is 1.42 bits per heavy atom. The molecule has 0 unspecified atom stereocenters. The summed E-state index contributed by atoms with van der Waals surface area (Å²) in [5.41, 5.74) is 0.375. The Bertz CT molecular complexity index is 932. The van der Waals surface area contributed by atoms with Gasteiger partial charge in [-0.1, -0.05) is 18.1 Å². The van der Waals surface area contributed by atoms with Crippen LogP contribution in [0.2, 0.25) is 0 Å². The van der Waals surface area contributed by atoms with Gasteiger partial charge >= 0.3 is 0 Å². The van der Waals surface area contributed by atoms with E-state index in [0.717, 1.165) is 0 Å². The molecule has 0 saturated carbocycles. The van der Waals surface area contributed by atoms with Crippen molar-refractivity contribution in [1.29, 1.82) is 0 Å². The lowest BCUT2D eigenvalue weighted by Gasteiger charge is -2.37. The third-order valence-corrected chi connectivity index (χ3v) is 4.10. The Balaban J connectivity index is 1.72. The minimum Gasteiger partial charge on any atom is -0.496 e. The topological polar surface area (TPSA) is 124 Å². The van der Waals surface area contributed by atoms with E-state index in [-0.39, 0.29) is 17.1 Å². The number of rotatable bonds is 6. The van der Waals surface area contributed by atoms with Gasteiger partial charge in [0.25, 0.3) is 11.9 Å². The lowest BCUT2D eigenvalue weighted by Crippen LogP contribution is -2.44. The van der Waals surface area contributed by atoms with Gasteiger partial charge in [-0.2, -0.15) is 5.21 Å². The molecule has 1 aromatic carbocycles. The molecule has 3 aromatic rings. The third-order valence-electron chi connectivity index (χ3n) is 4.10. The second-order valence-corrected chi connectivity index (χ2v) is 6.38. The van der Waals surface area contributed by atoms with E-state index < -0.39 is 5.91 Å². The second kappa shape index (κ2) is 6.30. The number of benzene rings is 1. The van der Waals surface area contributed by atoms with Crippen LogP contribution < -0.4 is 14.8 Å². The fourth-order valence-corrected chi connectivity index (χ4v) is 2.70. The van der Waals surface area contributed by atoms with Gasteiger partial charge in [-0.25, -0.2) is 0 Å². The van der Waals surface area contributed by atoms with Crippen molar-refractivity contribution in [1.82, 2.24) is 20.6 Å². The van der Waals surface area contributed by atoms with Crippen molar-refractivity contribution < 1.29 is 23.4 Å². The highest BCUT2D eigenvalue weighted by Gasteiger charge is 2.36. The van der Waals surface area contributed by atoms with E-state index in [9.17, 15) is 4.79 Å². The number of carbonyl (C=O) groups excluding carboxylic acids is 1. The van der Waals surface area contributed by atoms with Gasteiger partial charge < -0.3 is 18.6 Å². The van der Waals surface area contributed by atoms with Crippen molar-refractivity contribution in [2.24, 2.45) is 5.41 Å². The highest BCUT2D eigenvalue weighted by atomic mass is 16.5. The minimum atomic E-state index is -0.547. The molecule has 4 rings (SSSR count). The molecule has 2 aromatic heterocycles. The van der Waals surface area contributed by atoms with E-state index in [4.69, 9.17) is 18.6 Å². The first kappa shape index (κ1) is 16.3. The van der Waals surface area contributed by atoms with E-state index >= 15 is 0 Å². The van der Waals surface area contributed by atoms with Crippen molar-refractivity contribution in [3.05, 3.63) is 24.0 Å². The Morgan fingerprint density at radius 3 is 2.92 bits per heavy atom. The lowest BCUT2D eigenvalue weighted by atomic mass is 9.90. The maximum absolute atomic E-state index is 12.6. The number of methoxy groups -OCH3 is 1. The highest BCUT2D eigenvalue weighted by molar-refractivity contribution is 6.08. The van der Waals surface area contributed by atoms with Crippen LogP contribution in [-0.2, 0) is 4.74 Å². The summed E-state index contributed by atoms with van der Waals surface area (Å²) >= 11 is 0. The zero-order chi connectivity index (χ0) is 18.1. The van der Waals surface area contributed by atoms with Gasteiger partial charge in [0, 0.05) is 5.41 Å². The quantitative estimate of drug-likeness (QED) is 0.680. The molecule has 0 atom stereocenters. The van der Waals surface area contributed by atoms with E-state index in [1.54, 1.807) is 25.3 Å². The van der Waals surface area contributed by atoms with Crippen LogP contribution in [0.25, 0.3) is 11.0 Å². The van der Waals surface area contributed by atoms with Crippen molar-refractivity contribution in [3.63, 3.8) is 0 Å². The lowest BCUT2D eigenvalue weighted by molar-refractivity contribution is -0.120. The summed E-state index contributed by atoms with van der Waals surface area (Å²) in [5.74, 6) is 0.363. The molecule has 0 bridgehead atoms. The summed E-state index contributed by atoms with van der Waals surface area (Å²) in [6.07, 6.45) is 0. The van der Waals surface area contributed by atoms with Crippen LogP contribution in [0.15, 0.2) is 22.6 Å². The molecule has 1 amide bonds. The van der Waals surface area contributed by atoms with Gasteiger partial charge in [0.2, 0.25) is 5.76 Å². The normalized spacial score (nSPS) is 15.5. The highest BCUT2D eigenvalue weighted by Crippen LogP contribution is 2.40. The number of hydrogen-bond acceptors (Lipinski definition) is 8. The molecule has 26 heavy (non-hydrogen) atoms. The smallest absolute Gasteiger partial charge is 0.297 e. The van der Waals surface area contributed by atoms with Crippen LogP contribution in [0, 0.1) is 5.41 Å². The molecule has 136 valence electrons. The fourth-order valence-electron chi connectivity index (χ4n) is 2.70. The Kier molecular flexibility index (Phi) is 3.96. The van der Waals surface area contributed by atoms with E-state index in [0.29, 0.717) is 42.3 Å². The van der Waals surface area contributed by atoms with Gasteiger partial charge in [0.1, 0.15) is 16.7 Å². The second-order valence-electron chi connectivity index (χ2n) is 6.38. The Hall–Kier alpha value is -3.14. The van der Waals surface area contributed by atoms with E-state index in [1.807, 2.05) is 0 Å². The van der Waals surface area contributed by atoms with Gasteiger partial charge in [-0.15, -0.1) is 5.10 Å². The van der Waals surface area contributed by atoms with Gasteiger partial charge in [0.05, 0.1) is 26.9 Å².